The molecule has 22 heavy (non-hydrogen) atoms. The highest BCUT2D eigenvalue weighted by molar-refractivity contribution is 7.12. The first kappa shape index (κ1) is 15.1. The Balaban J connectivity index is 1.57. The van der Waals surface area contributed by atoms with Crippen LogP contribution in [0.5, 0.6) is 0 Å². The van der Waals surface area contributed by atoms with Gasteiger partial charge < -0.3 is 10.2 Å². The number of carbonyl (C=O) groups excluding carboxylic acids is 2. The molecule has 1 aliphatic heterocycles. The molecule has 1 saturated heterocycles. The van der Waals surface area contributed by atoms with Gasteiger partial charge in [-0.25, -0.2) is 0 Å². The summed E-state index contributed by atoms with van der Waals surface area (Å²) in [7, 11) is 0. The van der Waals surface area contributed by atoms with E-state index in [9.17, 15) is 9.59 Å². The number of halogens is 1. The number of anilines is 1. The Kier molecular flexibility index (Phi) is 4.18. The lowest BCUT2D eigenvalue weighted by atomic mass is 9.98. The number of hydrogen-bond donors (Lipinski definition) is 1. The van der Waals surface area contributed by atoms with Crippen molar-refractivity contribution in [2.24, 2.45) is 5.92 Å². The van der Waals surface area contributed by atoms with E-state index in [0.717, 1.165) is 11.3 Å². The van der Waals surface area contributed by atoms with Crippen molar-refractivity contribution in [2.75, 3.05) is 18.4 Å². The Morgan fingerprint density at radius 2 is 2.09 bits per heavy atom. The SMILES string of the molecule is Cc1ccc(Cl)cc1NC(=O)C1CN(C(=O)c2cccs2)C1. The predicted octanol–water partition coefficient (Wildman–Crippen LogP) is 3.42. The molecule has 0 radical (unpaired) electrons. The van der Waals surface area contributed by atoms with E-state index in [2.05, 4.69) is 5.32 Å². The van der Waals surface area contributed by atoms with E-state index in [-0.39, 0.29) is 17.7 Å². The smallest absolute Gasteiger partial charge is 0.263 e. The molecule has 1 aliphatic rings. The maximum Gasteiger partial charge on any atom is 0.263 e. The lowest BCUT2D eigenvalue weighted by Crippen LogP contribution is -2.54. The van der Waals surface area contributed by atoms with Gasteiger partial charge in [-0.05, 0) is 36.1 Å². The normalized spacial score (nSPS) is 14.5. The minimum Gasteiger partial charge on any atom is -0.336 e. The second-order valence-corrected chi connectivity index (χ2v) is 6.72. The molecule has 2 heterocycles. The molecule has 1 aromatic heterocycles. The number of aryl methyl sites for hydroxylation is 1. The first-order chi connectivity index (χ1) is 10.5. The number of likely N-dealkylation sites (tertiary alicyclic amines) is 1. The summed E-state index contributed by atoms with van der Waals surface area (Å²) in [6, 6.07) is 9.05. The molecular weight excluding hydrogens is 320 g/mol. The molecule has 114 valence electrons. The van der Waals surface area contributed by atoms with Crippen molar-refractivity contribution in [3.8, 4) is 0 Å². The highest BCUT2D eigenvalue weighted by Crippen LogP contribution is 2.24. The van der Waals surface area contributed by atoms with E-state index in [1.807, 2.05) is 24.4 Å². The zero-order valence-corrected chi connectivity index (χ0v) is 13.6. The fourth-order valence-electron chi connectivity index (χ4n) is 2.33. The van der Waals surface area contributed by atoms with Gasteiger partial charge in [0.25, 0.3) is 5.91 Å². The van der Waals surface area contributed by atoms with Crippen molar-refractivity contribution < 1.29 is 9.59 Å². The number of thiophene rings is 1. The quantitative estimate of drug-likeness (QED) is 0.935. The highest BCUT2D eigenvalue weighted by Gasteiger charge is 2.36. The largest absolute Gasteiger partial charge is 0.336 e. The molecule has 0 saturated carbocycles. The van der Waals surface area contributed by atoms with E-state index in [4.69, 9.17) is 11.6 Å². The molecule has 1 N–H and O–H groups in total. The van der Waals surface area contributed by atoms with Crippen LogP contribution in [0.25, 0.3) is 0 Å². The molecule has 0 bridgehead atoms. The minimum atomic E-state index is -0.165. The van der Waals surface area contributed by atoms with Gasteiger partial charge in [0.1, 0.15) is 0 Å². The van der Waals surface area contributed by atoms with Crippen molar-refractivity contribution in [2.45, 2.75) is 6.92 Å². The lowest BCUT2D eigenvalue weighted by molar-refractivity contribution is -0.123. The summed E-state index contributed by atoms with van der Waals surface area (Å²) in [5.41, 5.74) is 1.68. The maximum absolute atomic E-state index is 12.2. The molecule has 1 aromatic carbocycles. The Labute approximate surface area is 137 Å². The summed E-state index contributed by atoms with van der Waals surface area (Å²) in [4.78, 5) is 26.7. The van der Waals surface area contributed by atoms with Crippen LogP contribution in [0.4, 0.5) is 5.69 Å². The number of nitrogens with zero attached hydrogens (tertiary/aromatic N) is 1. The molecule has 0 aliphatic carbocycles. The van der Waals surface area contributed by atoms with Gasteiger partial charge in [0.2, 0.25) is 5.91 Å². The van der Waals surface area contributed by atoms with Gasteiger partial charge in [0, 0.05) is 23.8 Å². The summed E-state index contributed by atoms with van der Waals surface area (Å²) in [5.74, 6) is -0.235. The molecule has 6 heteroatoms. The molecule has 0 atom stereocenters. The molecule has 4 nitrogen and oxygen atoms in total. The van der Waals surface area contributed by atoms with Crippen molar-refractivity contribution in [1.82, 2.24) is 4.90 Å². The first-order valence-electron chi connectivity index (χ1n) is 6.94. The van der Waals surface area contributed by atoms with Crippen LogP contribution in [0.3, 0.4) is 0 Å². The molecular formula is C16H15ClN2O2S. The van der Waals surface area contributed by atoms with Crippen LogP contribution in [0.1, 0.15) is 15.2 Å². The summed E-state index contributed by atoms with van der Waals surface area (Å²) in [6.07, 6.45) is 0. The summed E-state index contributed by atoms with van der Waals surface area (Å²) in [5, 5.41) is 5.35. The fourth-order valence-corrected chi connectivity index (χ4v) is 3.19. The number of nitrogens with one attached hydrogen (secondary N) is 1. The number of rotatable bonds is 3. The van der Waals surface area contributed by atoms with Gasteiger partial charge in [-0.1, -0.05) is 23.7 Å². The van der Waals surface area contributed by atoms with Gasteiger partial charge in [0.05, 0.1) is 10.8 Å². The Morgan fingerprint density at radius 1 is 1.32 bits per heavy atom. The van der Waals surface area contributed by atoms with Crippen molar-refractivity contribution in [1.29, 1.82) is 0 Å². The third-order valence-electron chi connectivity index (χ3n) is 3.73. The number of carbonyl (C=O) groups is 2. The van der Waals surface area contributed by atoms with Gasteiger partial charge in [-0.2, -0.15) is 0 Å². The van der Waals surface area contributed by atoms with Gasteiger partial charge in [-0.15, -0.1) is 11.3 Å². The topological polar surface area (TPSA) is 49.4 Å². The standard InChI is InChI=1S/C16H15ClN2O2S/c1-10-4-5-12(17)7-13(10)18-15(20)11-8-19(9-11)16(21)14-3-2-6-22-14/h2-7,11H,8-9H2,1H3,(H,18,20). The van der Waals surface area contributed by atoms with Crippen LogP contribution in [-0.4, -0.2) is 29.8 Å². The average molecular weight is 335 g/mol. The van der Waals surface area contributed by atoms with Crippen molar-refractivity contribution >= 4 is 40.4 Å². The lowest BCUT2D eigenvalue weighted by Gasteiger charge is -2.38. The van der Waals surface area contributed by atoms with Crippen molar-refractivity contribution in [3.63, 3.8) is 0 Å². The Morgan fingerprint density at radius 3 is 2.77 bits per heavy atom. The Hall–Kier alpha value is -1.85. The van der Waals surface area contributed by atoms with Crippen LogP contribution in [0.15, 0.2) is 35.7 Å². The van der Waals surface area contributed by atoms with E-state index < -0.39 is 0 Å². The van der Waals surface area contributed by atoms with Crippen LogP contribution >= 0.6 is 22.9 Å². The third kappa shape index (κ3) is 3.00. The second-order valence-electron chi connectivity index (χ2n) is 5.33. The van der Waals surface area contributed by atoms with E-state index in [1.165, 1.54) is 11.3 Å². The molecule has 1 fully saturated rings. The summed E-state index contributed by atoms with van der Waals surface area (Å²) in [6.45, 7) is 2.84. The highest BCUT2D eigenvalue weighted by atomic mass is 35.5. The predicted molar refractivity (Wildman–Crippen MR) is 88.5 cm³/mol. The van der Waals surface area contributed by atoms with Gasteiger partial charge >= 0.3 is 0 Å². The second kappa shape index (κ2) is 6.10. The zero-order chi connectivity index (χ0) is 15.7. The first-order valence-corrected chi connectivity index (χ1v) is 8.20. The van der Waals surface area contributed by atoms with Crippen LogP contribution < -0.4 is 5.32 Å². The summed E-state index contributed by atoms with van der Waals surface area (Å²) < 4.78 is 0. The van der Waals surface area contributed by atoms with E-state index in [1.54, 1.807) is 23.1 Å². The maximum atomic E-state index is 12.2. The van der Waals surface area contributed by atoms with E-state index in [0.29, 0.717) is 23.0 Å². The molecule has 3 rings (SSSR count). The van der Waals surface area contributed by atoms with Crippen molar-refractivity contribution in [3.05, 3.63) is 51.2 Å². The number of benzene rings is 1. The molecule has 2 amide bonds. The molecule has 2 aromatic rings. The van der Waals surface area contributed by atoms with Crippen LogP contribution in [0.2, 0.25) is 5.02 Å². The van der Waals surface area contributed by atoms with E-state index >= 15 is 0 Å². The Bertz CT molecular complexity index is 709. The minimum absolute atomic E-state index is 0.00186. The molecule has 0 spiro atoms. The van der Waals surface area contributed by atoms with Gasteiger partial charge in [-0.3, -0.25) is 9.59 Å². The van der Waals surface area contributed by atoms with Crippen LogP contribution in [-0.2, 0) is 4.79 Å². The fraction of sp³-hybridized carbons (Fsp3) is 0.250. The van der Waals surface area contributed by atoms with Crippen LogP contribution in [0, 0.1) is 12.8 Å². The monoisotopic (exact) mass is 334 g/mol. The summed E-state index contributed by atoms with van der Waals surface area (Å²) >= 11 is 7.36. The average Bonchev–Trinajstić information content (AvgIpc) is 2.95. The number of amides is 2. The third-order valence-corrected chi connectivity index (χ3v) is 4.82. The molecule has 0 unspecified atom stereocenters. The zero-order valence-electron chi connectivity index (χ0n) is 12.0. The number of hydrogen-bond acceptors (Lipinski definition) is 3. The van der Waals surface area contributed by atoms with Gasteiger partial charge in [0.15, 0.2) is 0 Å².